The van der Waals surface area contributed by atoms with E-state index in [2.05, 4.69) is 5.32 Å². The summed E-state index contributed by atoms with van der Waals surface area (Å²) in [6.45, 7) is 1.79. The van der Waals surface area contributed by atoms with Crippen LogP contribution in [0.4, 0.5) is 11.4 Å². The van der Waals surface area contributed by atoms with Gasteiger partial charge in [-0.1, -0.05) is 40.9 Å². The van der Waals surface area contributed by atoms with Gasteiger partial charge in [-0.15, -0.1) is 0 Å². The second kappa shape index (κ2) is 9.65. The van der Waals surface area contributed by atoms with Crippen LogP contribution in [-0.4, -0.2) is 25.5 Å². The maximum absolute atomic E-state index is 12.6. The van der Waals surface area contributed by atoms with Crippen molar-refractivity contribution in [1.29, 1.82) is 0 Å². The van der Waals surface area contributed by atoms with Crippen molar-refractivity contribution in [1.82, 2.24) is 0 Å². The lowest BCUT2D eigenvalue weighted by molar-refractivity contribution is -0.118. The van der Waals surface area contributed by atoms with Crippen LogP contribution in [0.1, 0.15) is 15.9 Å². The smallest absolute Gasteiger partial charge is 0.262 e. The zero-order chi connectivity index (χ0) is 21.7. The predicted octanol–water partition coefficient (Wildman–Crippen LogP) is 5.60. The van der Waals surface area contributed by atoms with Crippen molar-refractivity contribution in [3.05, 3.63) is 87.9 Å². The molecule has 0 radical (unpaired) electrons. The molecule has 0 atom stereocenters. The SMILES string of the molecule is Cc1ccc(C(=O)N(C)c2ccc(OCC(=O)Nc3ccc(Cl)cc3Cl)cc2)cc1. The molecule has 0 aromatic heterocycles. The van der Waals surface area contributed by atoms with Crippen LogP contribution in [0, 0.1) is 6.92 Å². The predicted molar refractivity (Wildman–Crippen MR) is 121 cm³/mol. The lowest BCUT2D eigenvalue weighted by atomic mass is 10.1. The van der Waals surface area contributed by atoms with Gasteiger partial charge in [-0.2, -0.15) is 0 Å². The summed E-state index contributed by atoms with van der Waals surface area (Å²) in [6, 6.07) is 19.1. The van der Waals surface area contributed by atoms with Gasteiger partial charge < -0.3 is 15.0 Å². The van der Waals surface area contributed by atoms with Gasteiger partial charge in [0.15, 0.2) is 6.61 Å². The van der Waals surface area contributed by atoms with E-state index in [9.17, 15) is 9.59 Å². The van der Waals surface area contributed by atoms with Gasteiger partial charge in [0.1, 0.15) is 5.75 Å². The minimum Gasteiger partial charge on any atom is -0.484 e. The van der Waals surface area contributed by atoms with Crippen LogP contribution in [0.3, 0.4) is 0 Å². The lowest BCUT2D eigenvalue weighted by Crippen LogP contribution is -2.26. The molecule has 2 amide bonds. The van der Waals surface area contributed by atoms with Crippen molar-refractivity contribution < 1.29 is 14.3 Å². The first-order chi connectivity index (χ1) is 14.3. The van der Waals surface area contributed by atoms with Gasteiger partial charge in [-0.3, -0.25) is 9.59 Å². The van der Waals surface area contributed by atoms with Crippen LogP contribution in [0.2, 0.25) is 10.0 Å². The maximum atomic E-state index is 12.6. The van der Waals surface area contributed by atoms with Gasteiger partial charge in [0, 0.05) is 23.3 Å². The topological polar surface area (TPSA) is 58.6 Å². The van der Waals surface area contributed by atoms with Crippen LogP contribution >= 0.6 is 23.2 Å². The average Bonchev–Trinajstić information content (AvgIpc) is 2.74. The Morgan fingerprint density at radius 2 is 1.63 bits per heavy atom. The molecule has 0 aliphatic rings. The normalized spacial score (nSPS) is 10.4. The first-order valence-electron chi connectivity index (χ1n) is 9.16. The number of amides is 2. The number of halogens is 2. The molecule has 5 nitrogen and oxygen atoms in total. The van der Waals surface area contributed by atoms with Crippen molar-refractivity contribution in [3.63, 3.8) is 0 Å². The second-order valence-corrected chi connectivity index (χ2v) is 7.53. The number of nitrogens with zero attached hydrogens (tertiary/aromatic N) is 1. The Kier molecular flexibility index (Phi) is 6.98. The summed E-state index contributed by atoms with van der Waals surface area (Å²) in [5.74, 6) is 0.0464. The van der Waals surface area contributed by atoms with Crippen LogP contribution in [0.25, 0.3) is 0 Å². The van der Waals surface area contributed by atoms with Crippen molar-refractivity contribution >= 4 is 46.4 Å². The second-order valence-electron chi connectivity index (χ2n) is 6.69. The number of rotatable bonds is 6. The molecule has 0 spiro atoms. The van der Waals surface area contributed by atoms with E-state index in [-0.39, 0.29) is 18.4 Å². The van der Waals surface area contributed by atoms with E-state index >= 15 is 0 Å². The molecule has 3 aromatic carbocycles. The number of hydrogen-bond acceptors (Lipinski definition) is 3. The van der Waals surface area contributed by atoms with Crippen LogP contribution in [0.5, 0.6) is 5.75 Å². The third-order valence-corrected chi connectivity index (χ3v) is 4.95. The molecule has 0 saturated carbocycles. The highest BCUT2D eigenvalue weighted by atomic mass is 35.5. The summed E-state index contributed by atoms with van der Waals surface area (Å²) in [5.41, 5.74) is 2.88. The summed E-state index contributed by atoms with van der Waals surface area (Å²) >= 11 is 11.9. The van der Waals surface area contributed by atoms with E-state index in [1.54, 1.807) is 66.5 Å². The number of carbonyl (C=O) groups excluding carboxylic acids is 2. The number of carbonyl (C=O) groups is 2. The van der Waals surface area contributed by atoms with E-state index in [1.165, 1.54) is 0 Å². The molecule has 30 heavy (non-hydrogen) atoms. The largest absolute Gasteiger partial charge is 0.484 e. The number of benzene rings is 3. The number of hydrogen-bond donors (Lipinski definition) is 1. The summed E-state index contributed by atoms with van der Waals surface area (Å²) in [4.78, 5) is 26.2. The van der Waals surface area contributed by atoms with Crippen molar-refractivity contribution in [3.8, 4) is 5.75 Å². The molecule has 0 heterocycles. The van der Waals surface area contributed by atoms with E-state index in [4.69, 9.17) is 27.9 Å². The Labute approximate surface area is 185 Å². The Morgan fingerprint density at radius 3 is 2.27 bits per heavy atom. The average molecular weight is 443 g/mol. The van der Waals surface area contributed by atoms with E-state index in [0.717, 1.165) is 5.56 Å². The highest BCUT2D eigenvalue weighted by Gasteiger charge is 2.13. The van der Waals surface area contributed by atoms with Crippen molar-refractivity contribution in [2.75, 3.05) is 23.9 Å². The number of nitrogens with one attached hydrogen (secondary N) is 1. The first-order valence-corrected chi connectivity index (χ1v) is 9.91. The lowest BCUT2D eigenvalue weighted by Gasteiger charge is -2.18. The minimum absolute atomic E-state index is 0.108. The molecule has 0 saturated heterocycles. The molecule has 0 aliphatic heterocycles. The number of ether oxygens (including phenoxy) is 1. The molecule has 7 heteroatoms. The third kappa shape index (κ3) is 5.53. The minimum atomic E-state index is -0.352. The fourth-order valence-corrected chi connectivity index (χ4v) is 3.15. The Balaban J connectivity index is 1.56. The quantitative estimate of drug-likeness (QED) is 0.540. The van der Waals surface area contributed by atoms with Crippen LogP contribution in [0.15, 0.2) is 66.7 Å². The van der Waals surface area contributed by atoms with Crippen LogP contribution in [-0.2, 0) is 4.79 Å². The van der Waals surface area contributed by atoms with E-state index in [1.807, 2.05) is 19.1 Å². The monoisotopic (exact) mass is 442 g/mol. The van der Waals surface area contributed by atoms with Gasteiger partial charge in [0.05, 0.1) is 10.7 Å². The summed E-state index contributed by atoms with van der Waals surface area (Å²) < 4.78 is 5.51. The maximum Gasteiger partial charge on any atom is 0.262 e. The van der Waals surface area contributed by atoms with E-state index in [0.29, 0.717) is 32.7 Å². The Hall–Kier alpha value is -3.02. The van der Waals surface area contributed by atoms with Gasteiger partial charge >= 0.3 is 0 Å². The van der Waals surface area contributed by atoms with Gasteiger partial charge in [-0.05, 0) is 61.5 Å². The zero-order valence-corrected chi connectivity index (χ0v) is 18.0. The molecule has 154 valence electrons. The number of aryl methyl sites for hydroxylation is 1. The highest BCUT2D eigenvalue weighted by molar-refractivity contribution is 6.36. The molecule has 3 rings (SSSR count). The molecular weight excluding hydrogens is 423 g/mol. The summed E-state index contributed by atoms with van der Waals surface area (Å²) in [5, 5.41) is 3.50. The fraction of sp³-hybridized carbons (Fsp3) is 0.130. The fourth-order valence-electron chi connectivity index (χ4n) is 2.70. The Bertz CT molecular complexity index is 1050. The summed E-state index contributed by atoms with van der Waals surface area (Å²) in [7, 11) is 1.71. The molecule has 1 N–H and O–H groups in total. The van der Waals surface area contributed by atoms with Crippen molar-refractivity contribution in [2.24, 2.45) is 0 Å². The standard InChI is InChI=1S/C23H20Cl2N2O3/c1-15-3-5-16(6-4-15)23(29)27(2)18-8-10-19(11-9-18)30-14-22(28)26-21-12-7-17(24)13-20(21)25/h3-13H,14H2,1-2H3,(H,26,28). The molecule has 0 aliphatic carbocycles. The van der Waals surface area contributed by atoms with Gasteiger partial charge in [-0.25, -0.2) is 0 Å². The third-order valence-electron chi connectivity index (χ3n) is 4.40. The van der Waals surface area contributed by atoms with Gasteiger partial charge in [0.25, 0.3) is 11.8 Å². The highest BCUT2D eigenvalue weighted by Crippen LogP contribution is 2.25. The first kappa shape index (κ1) is 21.7. The summed E-state index contributed by atoms with van der Waals surface area (Å²) in [6.07, 6.45) is 0. The number of anilines is 2. The van der Waals surface area contributed by atoms with Gasteiger partial charge in [0.2, 0.25) is 0 Å². The molecule has 0 unspecified atom stereocenters. The molecule has 0 bridgehead atoms. The molecule has 0 fully saturated rings. The van der Waals surface area contributed by atoms with Crippen molar-refractivity contribution in [2.45, 2.75) is 6.92 Å². The Morgan fingerprint density at radius 1 is 0.967 bits per heavy atom. The zero-order valence-electron chi connectivity index (χ0n) is 16.5. The van der Waals surface area contributed by atoms with E-state index < -0.39 is 0 Å². The molecule has 3 aromatic rings. The molecular formula is C23H20Cl2N2O3. The van der Waals surface area contributed by atoms with Crippen LogP contribution < -0.4 is 15.0 Å².